The van der Waals surface area contributed by atoms with Crippen molar-refractivity contribution in [2.45, 2.75) is 159 Å². The first-order chi connectivity index (χ1) is 32.5. The van der Waals surface area contributed by atoms with Gasteiger partial charge in [-0.05, 0) is 139 Å². The van der Waals surface area contributed by atoms with Crippen LogP contribution in [0.5, 0.6) is 0 Å². The number of unbranched alkanes of at least 4 members (excludes halogenated alkanes) is 1. The number of ketones is 2. The Morgan fingerprint density at radius 2 is 1.68 bits per heavy atom. The van der Waals surface area contributed by atoms with E-state index in [4.69, 9.17) is 14.2 Å². The Kier molecular flexibility index (Phi) is 14.2. The van der Waals surface area contributed by atoms with Gasteiger partial charge in [-0.3, -0.25) is 24.0 Å². The molecule has 0 unspecified atom stereocenters. The van der Waals surface area contributed by atoms with Crippen LogP contribution >= 0.6 is 15.9 Å². The van der Waals surface area contributed by atoms with E-state index in [1.807, 2.05) is 24.3 Å². The second-order valence-corrected chi connectivity index (χ2v) is 22.8. The summed E-state index contributed by atoms with van der Waals surface area (Å²) < 4.78 is 52.2. The molecular weight excluding hydrogens is 962 g/mol. The van der Waals surface area contributed by atoms with Gasteiger partial charge in [-0.15, -0.1) is 0 Å². The minimum absolute atomic E-state index is 0.0170. The Balaban J connectivity index is 0.838. The summed E-state index contributed by atoms with van der Waals surface area (Å²) in [6, 6.07) is 6.95. The molecule has 11 atom stereocenters. The number of halogens is 3. The lowest BCUT2D eigenvalue weighted by Crippen LogP contribution is -2.70. The van der Waals surface area contributed by atoms with Crippen molar-refractivity contribution in [2.75, 3.05) is 25.0 Å². The maximum Gasteiger partial charge on any atom is 0.407 e. The number of carbonyl (C=O) groups excluding carboxylic acids is 6. The molecule has 6 fully saturated rings. The van der Waals surface area contributed by atoms with Crippen LogP contribution in [0.4, 0.5) is 13.6 Å². The normalized spacial score (nSPS) is 37.7. The Hall–Kier alpha value is -4.10. The standard InChI is InChI=1S/C51H67BrF2N4O11/c1-46(2,3)69-45(66)55-15-7-6-8-37(58-42(64)26-56-41(63)25-52)43(65)57-31-22-49(23-31)20-29(21-49)16-28-9-11-30(12-10-28)44-67-40-19-33-34-18-36(53)35-17-32(60)13-14-47(35,4)50(34,54)38(61)24-48(33,5)51(40,68-44)39(62)27-59/h9-14,17,29,31,33-34,36-38,40,44,59,61H,6-8,15-16,18-27H2,1-5H3,(H,55,66)(H,56,63)(H,57,65)(H,58,64)/t29?,31?,33-,34-,36-,37-,38-,40+,44+,47-,48-,49?,50-,51+/m0/s1. The lowest BCUT2D eigenvalue weighted by atomic mass is 9.44. The third kappa shape index (κ3) is 9.34. The number of alkyl carbamates (subject to hydrolysis) is 1. The predicted molar refractivity (Wildman–Crippen MR) is 251 cm³/mol. The van der Waals surface area contributed by atoms with Gasteiger partial charge in [0.1, 0.15) is 24.4 Å². The Bertz CT molecular complexity index is 2260. The van der Waals surface area contributed by atoms with E-state index in [1.165, 1.54) is 19.1 Å². The van der Waals surface area contributed by atoms with E-state index in [-0.39, 0.29) is 60.0 Å². The van der Waals surface area contributed by atoms with Gasteiger partial charge in [-0.25, -0.2) is 13.6 Å². The summed E-state index contributed by atoms with van der Waals surface area (Å²) in [6.45, 7) is 7.85. The molecule has 5 saturated carbocycles. The summed E-state index contributed by atoms with van der Waals surface area (Å²) in [7, 11) is 0. The molecule has 15 nitrogen and oxygen atoms in total. The zero-order valence-corrected chi connectivity index (χ0v) is 41.6. The number of ether oxygens (including phenoxy) is 3. The zero-order chi connectivity index (χ0) is 49.9. The smallest absolute Gasteiger partial charge is 0.407 e. The number of rotatable bonds is 16. The predicted octanol–water partition coefficient (Wildman–Crippen LogP) is 5.24. The second kappa shape index (κ2) is 19.1. The molecule has 6 N–H and O–H groups in total. The summed E-state index contributed by atoms with van der Waals surface area (Å²) in [5, 5.41) is 33.3. The maximum absolute atomic E-state index is 17.8. The largest absolute Gasteiger partial charge is 0.444 e. The zero-order valence-electron chi connectivity index (χ0n) is 40.0. The lowest BCUT2D eigenvalue weighted by molar-refractivity contribution is -0.235. The van der Waals surface area contributed by atoms with Crippen molar-refractivity contribution < 1.29 is 62.0 Å². The molecule has 1 heterocycles. The Labute approximate surface area is 410 Å². The number of carbonyl (C=O) groups is 6. The van der Waals surface area contributed by atoms with E-state index in [0.29, 0.717) is 37.3 Å². The quantitative estimate of drug-likeness (QED) is 0.0930. The molecule has 378 valence electrons. The van der Waals surface area contributed by atoms with Gasteiger partial charge in [0.05, 0.1) is 24.1 Å². The summed E-state index contributed by atoms with van der Waals surface area (Å²) >= 11 is 3.05. The van der Waals surface area contributed by atoms with Crippen molar-refractivity contribution in [1.82, 2.24) is 21.3 Å². The van der Waals surface area contributed by atoms with Crippen LogP contribution in [-0.2, 0) is 44.6 Å². The van der Waals surface area contributed by atoms with E-state index in [9.17, 15) is 39.0 Å². The average molecular weight is 1030 g/mol. The van der Waals surface area contributed by atoms with Crippen LogP contribution in [0.2, 0.25) is 0 Å². The number of amides is 4. The summed E-state index contributed by atoms with van der Waals surface area (Å²) in [5.41, 5.74) is -5.54. The molecule has 1 aliphatic heterocycles. The monoisotopic (exact) mass is 1030 g/mol. The van der Waals surface area contributed by atoms with Crippen molar-refractivity contribution in [2.24, 2.45) is 34.0 Å². The molecule has 0 aromatic heterocycles. The minimum Gasteiger partial charge on any atom is -0.444 e. The topological polar surface area (TPSA) is 219 Å². The number of hydrogen-bond acceptors (Lipinski definition) is 11. The van der Waals surface area contributed by atoms with Gasteiger partial charge in [-0.2, -0.15) is 0 Å². The number of benzene rings is 1. The molecule has 0 bridgehead atoms. The van der Waals surface area contributed by atoms with Crippen molar-refractivity contribution in [1.29, 1.82) is 0 Å². The van der Waals surface area contributed by atoms with E-state index in [1.54, 1.807) is 27.7 Å². The van der Waals surface area contributed by atoms with Crippen LogP contribution < -0.4 is 21.3 Å². The van der Waals surface area contributed by atoms with Gasteiger partial charge >= 0.3 is 6.09 Å². The van der Waals surface area contributed by atoms with Gasteiger partial charge in [0, 0.05) is 34.9 Å². The van der Waals surface area contributed by atoms with E-state index < -0.39 is 100 Å². The SMILES string of the molecule is CC(C)(C)OC(=O)NCCCC[C@H](NC(=O)CNC(=O)CBr)C(=O)NC1CC2(CC(Cc3ccc([C@@H]4O[C@@H]5C[C@H]6[C@@H]7C[C@H](F)C8=CC(=O)C=C[C@]8(C)[C@@]7(F)[C@@H](O)C[C@]6(C)[C@]5(C(=O)CO)O4)cc3)C2)C1. The molecule has 1 aromatic rings. The third-order valence-electron chi connectivity index (χ3n) is 16.7. The molecule has 18 heteroatoms. The molecule has 69 heavy (non-hydrogen) atoms. The Morgan fingerprint density at radius 3 is 2.35 bits per heavy atom. The number of nitrogens with one attached hydrogen (secondary N) is 4. The van der Waals surface area contributed by atoms with Crippen molar-refractivity contribution in [3.8, 4) is 0 Å². The first-order valence-corrected chi connectivity index (χ1v) is 25.5. The fourth-order valence-electron chi connectivity index (χ4n) is 13.6. The van der Waals surface area contributed by atoms with Crippen LogP contribution in [0, 0.1) is 34.0 Å². The van der Waals surface area contributed by atoms with Crippen molar-refractivity contribution >= 4 is 51.3 Å². The van der Waals surface area contributed by atoms with Gasteiger partial charge < -0.3 is 45.7 Å². The molecule has 1 aromatic carbocycles. The van der Waals surface area contributed by atoms with E-state index >= 15 is 8.78 Å². The fraction of sp³-hybridized carbons (Fsp3) is 0.686. The molecule has 1 saturated heterocycles. The average Bonchev–Trinajstić information content (AvgIpc) is 3.77. The van der Waals surface area contributed by atoms with Gasteiger partial charge in [0.2, 0.25) is 17.7 Å². The minimum atomic E-state index is -2.33. The highest BCUT2D eigenvalue weighted by Gasteiger charge is 2.80. The maximum atomic E-state index is 17.8. The number of fused-ring (bicyclic) bond motifs is 7. The first-order valence-electron chi connectivity index (χ1n) is 24.4. The van der Waals surface area contributed by atoms with Crippen LogP contribution in [0.15, 0.2) is 48.1 Å². The summed E-state index contributed by atoms with van der Waals surface area (Å²) in [5.74, 6) is -3.41. The Morgan fingerprint density at radius 1 is 0.971 bits per heavy atom. The number of aliphatic hydroxyl groups is 2. The van der Waals surface area contributed by atoms with Gasteiger partial charge in [-0.1, -0.05) is 53.2 Å². The molecule has 4 amide bonds. The number of hydrogen-bond donors (Lipinski definition) is 6. The molecule has 1 spiro atoms. The van der Waals surface area contributed by atoms with E-state index in [0.717, 1.165) is 43.7 Å². The number of aliphatic hydroxyl groups excluding tert-OH is 2. The number of alkyl halides is 3. The van der Waals surface area contributed by atoms with Crippen LogP contribution in [0.1, 0.15) is 116 Å². The molecule has 0 radical (unpaired) electrons. The lowest BCUT2D eigenvalue weighted by Gasteiger charge is -2.63. The van der Waals surface area contributed by atoms with Crippen molar-refractivity contribution in [3.05, 3.63) is 59.2 Å². The summed E-state index contributed by atoms with van der Waals surface area (Å²) in [4.78, 5) is 76.1. The number of Topliss-reactive ketones (excluding diaryl/α,β-unsaturated/α-hetero) is 1. The molecule has 6 aliphatic carbocycles. The van der Waals surface area contributed by atoms with E-state index in [2.05, 4.69) is 37.2 Å². The molecular formula is C51H67BrF2N4O11. The highest BCUT2D eigenvalue weighted by molar-refractivity contribution is 9.09. The van der Waals surface area contributed by atoms with Crippen molar-refractivity contribution in [3.63, 3.8) is 0 Å². The summed E-state index contributed by atoms with van der Waals surface area (Å²) in [6.07, 6.45) is 3.72. The molecule has 8 rings (SSSR count). The first kappa shape index (κ1) is 51.3. The highest BCUT2D eigenvalue weighted by atomic mass is 79.9. The number of allylic oxidation sites excluding steroid dienone is 4. The van der Waals surface area contributed by atoms with Crippen LogP contribution in [0.25, 0.3) is 0 Å². The second-order valence-electron chi connectivity index (χ2n) is 22.3. The van der Waals surface area contributed by atoms with Crippen LogP contribution in [-0.4, -0.2) is 118 Å². The fourth-order valence-corrected chi connectivity index (χ4v) is 13.8. The van der Waals surface area contributed by atoms with Crippen LogP contribution in [0.3, 0.4) is 0 Å². The van der Waals surface area contributed by atoms with Gasteiger partial charge in [0.25, 0.3) is 0 Å². The van der Waals surface area contributed by atoms with Gasteiger partial charge in [0.15, 0.2) is 29.1 Å². The highest BCUT2D eigenvalue weighted by Crippen LogP contribution is 2.72. The third-order valence-corrected chi connectivity index (χ3v) is 17.2. The molecule has 7 aliphatic rings.